The van der Waals surface area contributed by atoms with Crippen LogP contribution in [-0.4, -0.2) is 17.1 Å². The van der Waals surface area contributed by atoms with E-state index in [9.17, 15) is 18.4 Å². The molecule has 1 heterocycles. The molecule has 2 aromatic carbocycles. The maximum Gasteiger partial charge on any atom is 0.387 e. The summed E-state index contributed by atoms with van der Waals surface area (Å²) in [5.74, 6) is -0.412. The van der Waals surface area contributed by atoms with Crippen LogP contribution >= 0.6 is 11.6 Å². The van der Waals surface area contributed by atoms with Crippen LogP contribution in [-0.2, 0) is 11.3 Å². The van der Waals surface area contributed by atoms with Gasteiger partial charge in [-0.05, 0) is 37.3 Å². The maximum atomic E-state index is 12.6. The minimum Gasteiger partial charge on any atom is -0.434 e. The van der Waals surface area contributed by atoms with Crippen molar-refractivity contribution in [2.45, 2.75) is 26.1 Å². The Bertz CT molecular complexity index is 1070. The van der Waals surface area contributed by atoms with Gasteiger partial charge in [0.15, 0.2) is 5.43 Å². The number of alkyl halides is 2. The monoisotopic (exact) mass is 406 g/mol. The standard InChI is InChI=1S/C20H17ClF2N2O3/c1-12(15-10-13(21)6-7-18(15)28-20(22)23)24-19(27)11-25-9-8-17(26)14-4-2-3-5-16(14)25/h2-10,12,20H,11H2,1H3,(H,24,27)/t12-/m1/s1. The minimum atomic E-state index is -2.99. The summed E-state index contributed by atoms with van der Waals surface area (Å²) in [6.45, 7) is -1.39. The Kier molecular flexibility index (Phi) is 5.94. The fraction of sp³-hybridized carbons (Fsp3) is 0.200. The number of pyridine rings is 1. The Balaban J connectivity index is 1.80. The van der Waals surface area contributed by atoms with Crippen molar-refractivity contribution in [1.29, 1.82) is 0 Å². The van der Waals surface area contributed by atoms with Crippen LogP contribution in [0.4, 0.5) is 8.78 Å². The zero-order valence-electron chi connectivity index (χ0n) is 14.9. The first kappa shape index (κ1) is 19.8. The molecule has 0 bridgehead atoms. The SMILES string of the molecule is C[C@@H](NC(=O)Cn1ccc(=O)c2ccccc21)c1cc(Cl)ccc1OC(F)F. The predicted molar refractivity (Wildman–Crippen MR) is 103 cm³/mol. The molecule has 0 fully saturated rings. The van der Waals surface area contributed by atoms with Crippen LogP contribution in [0.5, 0.6) is 5.75 Å². The fourth-order valence-corrected chi connectivity index (χ4v) is 3.16. The number of amides is 1. The predicted octanol–water partition coefficient (Wildman–Crippen LogP) is 4.13. The van der Waals surface area contributed by atoms with Crippen LogP contribution in [0.15, 0.2) is 59.5 Å². The largest absolute Gasteiger partial charge is 0.434 e. The highest BCUT2D eigenvalue weighted by Gasteiger charge is 2.18. The van der Waals surface area contributed by atoms with Crippen molar-refractivity contribution in [3.05, 3.63) is 75.5 Å². The molecule has 0 aliphatic carbocycles. The van der Waals surface area contributed by atoms with Crippen LogP contribution < -0.4 is 15.5 Å². The molecule has 0 spiro atoms. The summed E-state index contributed by atoms with van der Waals surface area (Å²) < 4.78 is 31.4. The molecule has 1 amide bonds. The molecule has 0 unspecified atom stereocenters. The van der Waals surface area contributed by atoms with E-state index in [4.69, 9.17) is 11.6 Å². The maximum absolute atomic E-state index is 12.6. The highest BCUT2D eigenvalue weighted by Crippen LogP contribution is 2.29. The lowest BCUT2D eigenvalue weighted by Crippen LogP contribution is -2.30. The van der Waals surface area contributed by atoms with Crippen molar-refractivity contribution in [1.82, 2.24) is 9.88 Å². The molecule has 5 nitrogen and oxygen atoms in total. The van der Waals surface area contributed by atoms with Gasteiger partial charge in [0.05, 0.1) is 11.6 Å². The van der Waals surface area contributed by atoms with Gasteiger partial charge < -0.3 is 14.6 Å². The van der Waals surface area contributed by atoms with E-state index in [1.807, 2.05) is 0 Å². The van der Waals surface area contributed by atoms with Gasteiger partial charge in [-0.25, -0.2) is 0 Å². The van der Waals surface area contributed by atoms with Gasteiger partial charge in [0, 0.05) is 28.2 Å². The summed E-state index contributed by atoms with van der Waals surface area (Å²) in [6.07, 6.45) is 1.54. The van der Waals surface area contributed by atoms with Gasteiger partial charge in [0.25, 0.3) is 0 Å². The van der Waals surface area contributed by atoms with Crippen molar-refractivity contribution in [3.63, 3.8) is 0 Å². The molecule has 1 aromatic heterocycles. The number of benzene rings is 2. The number of nitrogens with one attached hydrogen (secondary N) is 1. The number of fused-ring (bicyclic) bond motifs is 1. The van der Waals surface area contributed by atoms with E-state index >= 15 is 0 Å². The third-order valence-electron chi connectivity index (χ3n) is 4.23. The first-order valence-electron chi connectivity index (χ1n) is 8.47. The molecule has 146 valence electrons. The van der Waals surface area contributed by atoms with E-state index in [2.05, 4.69) is 10.1 Å². The third-order valence-corrected chi connectivity index (χ3v) is 4.47. The number of hydrogen-bond acceptors (Lipinski definition) is 3. The smallest absolute Gasteiger partial charge is 0.387 e. The molecule has 3 aromatic rings. The average molecular weight is 407 g/mol. The fourth-order valence-electron chi connectivity index (χ4n) is 2.98. The molecule has 0 saturated carbocycles. The number of carbonyl (C=O) groups excluding carboxylic acids is 1. The van der Waals surface area contributed by atoms with Crippen LogP contribution in [0.25, 0.3) is 10.9 Å². The highest BCUT2D eigenvalue weighted by atomic mass is 35.5. The lowest BCUT2D eigenvalue weighted by Gasteiger charge is -2.19. The number of ether oxygens (including phenoxy) is 1. The molecular weight excluding hydrogens is 390 g/mol. The first-order valence-corrected chi connectivity index (χ1v) is 8.85. The highest BCUT2D eigenvalue weighted by molar-refractivity contribution is 6.30. The van der Waals surface area contributed by atoms with Crippen molar-refractivity contribution < 1.29 is 18.3 Å². The van der Waals surface area contributed by atoms with Gasteiger partial charge in [-0.15, -0.1) is 0 Å². The molecule has 1 atom stereocenters. The van der Waals surface area contributed by atoms with E-state index in [0.717, 1.165) is 0 Å². The number of aromatic nitrogens is 1. The third kappa shape index (κ3) is 4.48. The molecule has 0 radical (unpaired) electrons. The van der Waals surface area contributed by atoms with E-state index in [1.165, 1.54) is 24.3 Å². The summed E-state index contributed by atoms with van der Waals surface area (Å²) >= 11 is 5.95. The molecule has 28 heavy (non-hydrogen) atoms. The van der Waals surface area contributed by atoms with E-state index < -0.39 is 12.7 Å². The lowest BCUT2D eigenvalue weighted by molar-refractivity contribution is -0.122. The van der Waals surface area contributed by atoms with Crippen molar-refractivity contribution in [2.24, 2.45) is 0 Å². The second kappa shape index (κ2) is 8.39. The van der Waals surface area contributed by atoms with E-state index in [0.29, 0.717) is 21.5 Å². The number of para-hydroxylation sites is 1. The number of halogens is 3. The van der Waals surface area contributed by atoms with Gasteiger partial charge in [0.2, 0.25) is 5.91 Å². The zero-order valence-corrected chi connectivity index (χ0v) is 15.6. The lowest BCUT2D eigenvalue weighted by atomic mass is 10.1. The quantitative estimate of drug-likeness (QED) is 0.669. The zero-order chi connectivity index (χ0) is 20.3. The molecule has 0 saturated heterocycles. The van der Waals surface area contributed by atoms with E-state index in [-0.39, 0.29) is 23.6 Å². The van der Waals surface area contributed by atoms with Gasteiger partial charge in [-0.1, -0.05) is 23.7 Å². The first-order chi connectivity index (χ1) is 13.3. The molecular formula is C20H17ClF2N2O3. The Morgan fingerprint density at radius 1 is 1.21 bits per heavy atom. The second-order valence-corrected chi connectivity index (χ2v) is 6.61. The van der Waals surface area contributed by atoms with Crippen LogP contribution in [0, 0.1) is 0 Å². The topological polar surface area (TPSA) is 60.3 Å². The average Bonchev–Trinajstić information content (AvgIpc) is 2.65. The van der Waals surface area contributed by atoms with Crippen molar-refractivity contribution in [3.8, 4) is 5.75 Å². The Morgan fingerprint density at radius 2 is 1.96 bits per heavy atom. The number of carbonyl (C=O) groups is 1. The van der Waals surface area contributed by atoms with Crippen molar-refractivity contribution >= 4 is 28.4 Å². The van der Waals surface area contributed by atoms with Crippen molar-refractivity contribution in [2.75, 3.05) is 0 Å². The Hall–Kier alpha value is -2.93. The Labute approximate surface area is 164 Å². The van der Waals surface area contributed by atoms with Crippen LogP contribution in [0.1, 0.15) is 18.5 Å². The summed E-state index contributed by atoms with van der Waals surface area (Å²) in [7, 11) is 0. The van der Waals surface area contributed by atoms with Gasteiger partial charge in [-0.3, -0.25) is 9.59 Å². The molecule has 0 aliphatic heterocycles. The van der Waals surface area contributed by atoms with Gasteiger partial charge in [-0.2, -0.15) is 8.78 Å². The molecule has 0 aliphatic rings. The summed E-state index contributed by atoms with van der Waals surface area (Å²) in [4.78, 5) is 24.4. The summed E-state index contributed by atoms with van der Waals surface area (Å²) in [5, 5.41) is 3.59. The number of rotatable bonds is 6. The van der Waals surface area contributed by atoms with Crippen LogP contribution in [0.2, 0.25) is 5.02 Å². The number of hydrogen-bond donors (Lipinski definition) is 1. The molecule has 3 rings (SSSR count). The summed E-state index contributed by atoms with van der Waals surface area (Å²) in [5.41, 5.74) is 0.835. The Morgan fingerprint density at radius 3 is 2.71 bits per heavy atom. The minimum absolute atomic E-state index is 0.0449. The van der Waals surface area contributed by atoms with Crippen LogP contribution in [0.3, 0.4) is 0 Å². The number of nitrogens with zero attached hydrogens (tertiary/aromatic N) is 1. The van der Waals surface area contributed by atoms with E-state index in [1.54, 1.807) is 42.0 Å². The van der Waals surface area contributed by atoms with Gasteiger partial charge in [0.1, 0.15) is 12.3 Å². The second-order valence-electron chi connectivity index (χ2n) is 6.17. The summed E-state index contributed by atoms with van der Waals surface area (Å²) in [6, 6.07) is 12.0. The molecule has 8 heteroatoms. The molecule has 1 N–H and O–H groups in total. The normalized spacial score (nSPS) is 12.2. The van der Waals surface area contributed by atoms with Gasteiger partial charge >= 0.3 is 6.61 Å².